The molecular formula is C18H18F5N5O2. The van der Waals surface area contributed by atoms with Crippen molar-refractivity contribution < 1.29 is 31.5 Å². The van der Waals surface area contributed by atoms with Crippen LogP contribution in [0, 0.1) is 0 Å². The lowest BCUT2D eigenvalue weighted by atomic mass is 10.1. The molecule has 162 valence electrons. The van der Waals surface area contributed by atoms with Crippen molar-refractivity contribution in [3.05, 3.63) is 35.8 Å². The maximum atomic E-state index is 13.7. The van der Waals surface area contributed by atoms with Crippen LogP contribution in [0.4, 0.5) is 33.3 Å². The molecule has 1 amide bonds. The van der Waals surface area contributed by atoms with Gasteiger partial charge in [-0.05, 0) is 18.6 Å². The molecule has 2 aromatic heterocycles. The van der Waals surface area contributed by atoms with Crippen LogP contribution >= 0.6 is 0 Å². The molecule has 1 aliphatic heterocycles. The van der Waals surface area contributed by atoms with E-state index in [1.807, 2.05) is 0 Å². The molecule has 0 aliphatic carbocycles. The van der Waals surface area contributed by atoms with Gasteiger partial charge in [0.05, 0.1) is 12.8 Å². The van der Waals surface area contributed by atoms with Gasteiger partial charge in [-0.3, -0.25) is 4.79 Å². The maximum absolute atomic E-state index is 13.7. The Morgan fingerprint density at radius 3 is 2.67 bits per heavy atom. The smallest absolute Gasteiger partial charge is 0.435 e. The molecule has 0 radical (unpaired) electrons. The maximum Gasteiger partial charge on any atom is 0.435 e. The summed E-state index contributed by atoms with van der Waals surface area (Å²) >= 11 is 0. The fraction of sp³-hybridized carbons (Fsp3) is 0.444. The molecule has 0 aromatic carbocycles. The highest BCUT2D eigenvalue weighted by Crippen LogP contribution is 2.34. The Morgan fingerprint density at radius 1 is 1.20 bits per heavy atom. The van der Waals surface area contributed by atoms with Crippen molar-refractivity contribution in [2.75, 3.05) is 30.4 Å². The summed E-state index contributed by atoms with van der Waals surface area (Å²) in [5, 5.41) is 9.06. The van der Waals surface area contributed by atoms with E-state index in [9.17, 15) is 26.7 Å². The number of carbonyl (C=O) groups is 1. The zero-order chi connectivity index (χ0) is 21.9. The van der Waals surface area contributed by atoms with Gasteiger partial charge in [-0.25, -0.2) is 13.8 Å². The lowest BCUT2D eigenvalue weighted by Gasteiger charge is -2.25. The summed E-state index contributed by atoms with van der Waals surface area (Å²) in [6.45, 7) is -0.165. The van der Waals surface area contributed by atoms with Crippen LogP contribution in [0.3, 0.4) is 0 Å². The number of alkyl halides is 5. The zero-order valence-corrected chi connectivity index (χ0v) is 15.8. The van der Waals surface area contributed by atoms with Gasteiger partial charge in [0.25, 0.3) is 5.91 Å². The fourth-order valence-electron chi connectivity index (χ4n) is 3.02. The molecule has 0 saturated carbocycles. The highest BCUT2D eigenvalue weighted by Gasteiger charge is 2.37. The van der Waals surface area contributed by atoms with E-state index in [0.717, 1.165) is 0 Å². The molecule has 1 fully saturated rings. The molecule has 12 heteroatoms. The van der Waals surface area contributed by atoms with E-state index in [0.29, 0.717) is 6.07 Å². The first-order valence-electron chi connectivity index (χ1n) is 8.98. The number of halogens is 5. The number of anilines is 2. The largest absolute Gasteiger partial charge is 0.481 e. The Labute approximate surface area is 168 Å². The average Bonchev–Trinajstić information content (AvgIpc) is 2.87. The number of rotatable bonds is 4. The molecule has 2 aromatic rings. The normalized spacial score (nSPS) is 16.7. The second-order valence-corrected chi connectivity index (χ2v) is 6.70. The van der Waals surface area contributed by atoms with Gasteiger partial charge in [0.15, 0.2) is 11.4 Å². The highest BCUT2D eigenvalue weighted by atomic mass is 19.4. The van der Waals surface area contributed by atoms with Crippen LogP contribution in [0.25, 0.3) is 0 Å². The van der Waals surface area contributed by atoms with Crippen LogP contribution in [0.15, 0.2) is 24.4 Å². The number of methoxy groups -OCH3 is 1. The van der Waals surface area contributed by atoms with Gasteiger partial charge < -0.3 is 15.0 Å². The lowest BCUT2D eigenvalue weighted by Crippen LogP contribution is -2.30. The molecule has 1 N–H and O–H groups in total. The van der Waals surface area contributed by atoms with Gasteiger partial charge in [0.2, 0.25) is 11.8 Å². The molecule has 0 spiro atoms. The number of amides is 1. The van der Waals surface area contributed by atoms with E-state index in [-0.39, 0.29) is 43.2 Å². The summed E-state index contributed by atoms with van der Waals surface area (Å²) in [6, 6.07) is 3.52. The first-order chi connectivity index (χ1) is 14.1. The standard InChI is InChI=1S/C18H18F5N5O2/c1-30-14-9-11(3-6-24-14)25-16(29)15-12(10-13(26-27-15)18(21,22)23)28-7-2-4-17(19,20)5-8-28/h3,6,9-10H,2,4-5,7-8H2,1H3,(H,24,25,29). The average molecular weight is 431 g/mol. The zero-order valence-electron chi connectivity index (χ0n) is 15.8. The van der Waals surface area contributed by atoms with E-state index in [1.54, 1.807) is 0 Å². The number of hydrogen-bond donors (Lipinski definition) is 1. The van der Waals surface area contributed by atoms with Crippen LogP contribution in [-0.4, -0.2) is 47.2 Å². The van der Waals surface area contributed by atoms with E-state index < -0.39 is 35.8 Å². The van der Waals surface area contributed by atoms with Crippen LogP contribution in [0.1, 0.15) is 35.4 Å². The molecule has 3 rings (SSSR count). The Kier molecular flexibility index (Phi) is 6.04. The van der Waals surface area contributed by atoms with Gasteiger partial charge in [0, 0.05) is 43.9 Å². The highest BCUT2D eigenvalue weighted by molar-refractivity contribution is 6.06. The Hall–Kier alpha value is -3.05. The first kappa shape index (κ1) is 21.7. The monoisotopic (exact) mass is 431 g/mol. The predicted molar refractivity (Wildman–Crippen MR) is 96.8 cm³/mol. The molecule has 3 heterocycles. The summed E-state index contributed by atoms with van der Waals surface area (Å²) < 4.78 is 71.8. The Bertz CT molecular complexity index is 922. The molecule has 1 aliphatic rings. The first-order valence-corrected chi connectivity index (χ1v) is 8.98. The summed E-state index contributed by atoms with van der Waals surface area (Å²) in [4.78, 5) is 17.9. The summed E-state index contributed by atoms with van der Waals surface area (Å²) in [7, 11) is 1.38. The number of hydrogen-bond acceptors (Lipinski definition) is 6. The van der Waals surface area contributed by atoms with E-state index in [2.05, 4.69) is 20.5 Å². The molecule has 1 saturated heterocycles. The van der Waals surface area contributed by atoms with Crippen molar-refractivity contribution in [1.82, 2.24) is 15.2 Å². The van der Waals surface area contributed by atoms with Crippen molar-refractivity contribution >= 4 is 17.3 Å². The Balaban J connectivity index is 1.95. The molecule has 0 bridgehead atoms. The molecule has 0 atom stereocenters. The summed E-state index contributed by atoms with van der Waals surface area (Å²) in [6.07, 6.45) is -4.30. The van der Waals surface area contributed by atoms with Gasteiger partial charge in [-0.1, -0.05) is 0 Å². The number of aromatic nitrogens is 3. The molecule has 30 heavy (non-hydrogen) atoms. The summed E-state index contributed by atoms with van der Waals surface area (Å²) in [5.41, 5.74) is -1.64. The van der Waals surface area contributed by atoms with Gasteiger partial charge in [-0.2, -0.15) is 13.2 Å². The quantitative estimate of drug-likeness (QED) is 0.743. The number of carbonyl (C=O) groups excluding carboxylic acids is 1. The molecule has 0 unspecified atom stereocenters. The third-order valence-corrected chi connectivity index (χ3v) is 4.54. The third-order valence-electron chi connectivity index (χ3n) is 4.54. The van der Waals surface area contributed by atoms with Crippen molar-refractivity contribution in [2.24, 2.45) is 0 Å². The minimum Gasteiger partial charge on any atom is -0.481 e. The fourth-order valence-corrected chi connectivity index (χ4v) is 3.02. The van der Waals surface area contributed by atoms with Crippen molar-refractivity contribution in [3.8, 4) is 5.88 Å². The van der Waals surface area contributed by atoms with Crippen molar-refractivity contribution in [1.29, 1.82) is 0 Å². The van der Waals surface area contributed by atoms with Gasteiger partial charge in [-0.15, -0.1) is 10.2 Å². The van der Waals surface area contributed by atoms with Crippen LogP contribution in [0.5, 0.6) is 5.88 Å². The third kappa shape index (κ3) is 5.10. The van der Waals surface area contributed by atoms with Crippen LogP contribution < -0.4 is 15.0 Å². The SMILES string of the molecule is COc1cc(NC(=O)c2nnc(C(F)(F)F)cc2N2CCCC(F)(F)CC2)ccn1. The lowest BCUT2D eigenvalue weighted by molar-refractivity contribution is -0.141. The Morgan fingerprint density at radius 2 is 1.97 bits per heavy atom. The number of pyridine rings is 1. The van der Waals surface area contributed by atoms with Crippen LogP contribution in [0.2, 0.25) is 0 Å². The number of ether oxygens (including phenoxy) is 1. The molecular weight excluding hydrogens is 413 g/mol. The predicted octanol–water partition coefficient (Wildman–Crippen LogP) is 3.78. The molecule has 7 nitrogen and oxygen atoms in total. The topological polar surface area (TPSA) is 80.2 Å². The van der Waals surface area contributed by atoms with Gasteiger partial charge in [0.1, 0.15) is 0 Å². The van der Waals surface area contributed by atoms with E-state index >= 15 is 0 Å². The second kappa shape index (κ2) is 8.36. The van der Waals surface area contributed by atoms with E-state index in [1.165, 1.54) is 30.3 Å². The van der Waals surface area contributed by atoms with Gasteiger partial charge >= 0.3 is 6.18 Å². The minimum absolute atomic E-state index is 0.0548. The van der Waals surface area contributed by atoms with Crippen molar-refractivity contribution in [3.63, 3.8) is 0 Å². The second-order valence-electron chi connectivity index (χ2n) is 6.70. The van der Waals surface area contributed by atoms with E-state index in [4.69, 9.17) is 4.74 Å². The number of nitrogens with one attached hydrogen (secondary N) is 1. The summed E-state index contributed by atoms with van der Waals surface area (Å²) in [5.74, 6) is -3.55. The minimum atomic E-state index is -4.80. The number of nitrogens with zero attached hydrogens (tertiary/aromatic N) is 4. The van der Waals surface area contributed by atoms with Crippen molar-refractivity contribution in [2.45, 2.75) is 31.4 Å². The van der Waals surface area contributed by atoms with Crippen LogP contribution in [-0.2, 0) is 6.18 Å².